The molecule has 0 radical (unpaired) electrons. The van der Waals surface area contributed by atoms with Gasteiger partial charge in [-0.25, -0.2) is 14.2 Å². The van der Waals surface area contributed by atoms with Crippen LogP contribution in [0.2, 0.25) is 0 Å². The number of carbonyl (C=O) groups excluding carboxylic acids is 1. The van der Waals surface area contributed by atoms with Gasteiger partial charge in [-0.15, -0.1) is 0 Å². The van der Waals surface area contributed by atoms with Crippen LogP contribution in [-0.2, 0) is 6.42 Å². The Labute approximate surface area is 126 Å². The van der Waals surface area contributed by atoms with Gasteiger partial charge in [-0.2, -0.15) is 0 Å². The highest BCUT2D eigenvalue weighted by atomic mass is 19.1. The zero-order valence-electron chi connectivity index (χ0n) is 11.8. The summed E-state index contributed by atoms with van der Waals surface area (Å²) in [6, 6.07) is 10.6. The standard InChI is InChI=1S/C16H15FN2O3/c17-12-6-1-4-11(10-12)5-3-9-18-15(20)13-7-2-8-14(19-13)16(21)22/h1-2,4,6-8,10H,3,5,9H2,(H,18,20)(H,21,22). The molecule has 1 heterocycles. The number of nitrogens with zero attached hydrogens (tertiary/aromatic N) is 1. The summed E-state index contributed by atoms with van der Waals surface area (Å²) in [7, 11) is 0. The Morgan fingerprint density at radius 2 is 1.86 bits per heavy atom. The average molecular weight is 302 g/mol. The highest BCUT2D eigenvalue weighted by Crippen LogP contribution is 2.06. The van der Waals surface area contributed by atoms with Crippen molar-refractivity contribution in [1.82, 2.24) is 10.3 Å². The second-order valence-corrected chi connectivity index (χ2v) is 4.70. The third kappa shape index (κ3) is 4.37. The maximum Gasteiger partial charge on any atom is 0.354 e. The van der Waals surface area contributed by atoms with Gasteiger partial charge in [-0.1, -0.05) is 18.2 Å². The van der Waals surface area contributed by atoms with Gasteiger partial charge in [0.25, 0.3) is 5.91 Å². The van der Waals surface area contributed by atoms with Crippen LogP contribution < -0.4 is 5.32 Å². The summed E-state index contributed by atoms with van der Waals surface area (Å²) >= 11 is 0. The first kappa shape index (κ1) is 15.6. The van der Waals surface area contributed by atoms with Crippen LogP contribution in [0.3, 0.4) is 0 Å². The Morgan fingerprint density at radius 3 is 2.59 bits per heavy atom. The Hall–Kier alpha value is -2.76. The van der Waals surface area contributed by atoms with Gasteiger partial charge < -0.3 is 10.4 Å². The lowest BCUT2D eigenvalue weighted by Crippen LogP contribution is -2.26. The number of benzene rings is 1. The summed E-state index contributed by atoms with van der Waals surface area (Å²) in [4.78, 5) is 26.4. The molecule has 0 unspecified atom stereocenters. The van der Waals surface area contributed by atoms with E-state index in [1.807, 2.05) is 6.07 Å². The number of carboxylic acid groups (broad SMARTS) is 1. The van der Waals surface area contributed by atoms with Gasteiger partial charge in [-0.05, 0) is 42.7 Å². The zero-order chi connectivity index (χ0) is 15.9. The van der Waals surface area contributed by atoms with Gasteiger partial charge in [0, 0.05) is 6.54 Å². The molecule has 22 heavy (non-hydrogen) atoms. The maximum absolute atomic E-state index is 13.0. The van der Waals surface area contributed by atoms with Crippen molar-refractivity contribution in [3.05, 3.63) is 65.2 Å². The number of aromatic nitrogens is 1. The molecule has 2 rings (SSSR count). The second kappa shape index (κ2) is 7.31. The molecular formula is C16H15FN2O3. The summed E-state index contributed by atoms with van der Waals surface area (Å²) in [5.41, 5.74) is 0.748. The molecule has 0 atom stereocenters. The molecular weight excluding hydrogens is 287 g/mol. The van der Waals surface area contributed by atoms with Gasteiger partial charge in [0.1, 0.15) is 17.2 Å². The summed E-state index contributed by atoms with van der Waals surface area (Å²) in [6.07, 6.45) is 1.29. The summed E-state index contributed by atoms with van der Waals surface area (Å²) < 4.78 is 13.0. The van der Waals surface area contributed by atoms with E-state index in [9.17, 15) is 14.0 Å². The number of carbonyl (C=O) groups is 2. The van der Waals surface area contributed by atoms with E-state index in [1.165, 1.54) is 30.3 Å². The monoisotopic (exact) mass is 302 g/mol. The normalized spacial score (nSPS) is 10.2. The van der Waals surface area contributed by atoms with E-state index in [0.29, 0.717) is 19.4 Å². The predicted octanol–water partition coefficient (Wildman–Crippen LogP) is 2.28. The molecule has 2 N–H and O–H groups in total. The van der Waals surface area contributed by atoms with Crippen molar-refractivity contribution in [3.63, 3.8) is 0 Å². The lowest BCUT2D eigenvalue weighted by molar-refractivity contribution is 0.0690. The molecule has 5 nitrogen and oxygen atoms in total. The third-order valence-electron chi connectivity index (χ3n) is 3.02. The fourth-order valence-electron chi connectivity index (χ4n) is 1.96. The molecule has 6 heteroatoms. The summed E-state index contributed by atoms with van der Waals surface area (Å²) in [5, 5.41) is 11.5. The Balaban J connectivity index is 1.83. The number of rotatable bonds is 6. The molecule has 1 aromatic heterocycles. The molecule has 1 aromatic carbocycles. The van der Waals surface area contributed by atoms with E-state index >= 15 is 0 Å². The quantitative estimate of drug-likeness (QED) is 0.802. The lowest BCUT2D eigenvalue weighted by atomic mass is 10.1. The lowest BCUT2D eigenvalue weighted by Gasteiger charge is -2.05. The number of carboxylic acids is 1. The summed E-state index contributed by atoms with van der Waals surface area (Å²) in [6.45, 7) is 0.397. The van der Waals surface area contributed by atoms with Gasteiger partial charge in [-0.3, -0.25) is 4.79 Å². The number of halogens is 1. The first-order chi connectivity index (χ1) is 10.6. The van der Waals surface area contributed by atoms with Crippen molar-refractivity contribution in [2.75, 3.05) is 6.54 Å². The topological polar surface area (TPSA) is 79.3 Å². The average Bonchev–Trinajstić information content (AvgIpc) is 2.51. The number of amides is 1. The number of aryl methyl sites for hydroxylation is 1. The molecule has 0 fully saturated rings. The number of nitrogens with one attached hydrogen (secondary N) is 1. The van der Waals surface area contributed by atoms with Crippen LogP contribution in [0.4, 0.5) is 4.39 Å². The maximum atomic E-state index is 13.0. The van der Waals surface area contributed by atoms with Crippen LogP contribution in [0.5, 0.6) is 0 Å². The third-order valence-corrected chi connectivity index (χ3v) is 3.02. The van der Waals surface area contributed by atoms with Crippen LogP contribution in [0, 0.1) is 5.82 Å². The van der Waals surface area contributed by atoms with Crippen LogP contribution in [0.25, 0.3) is 0 Å². The second-order valence-electron chi connectivity index (χ2n) is 4.70. The van der Waals surface area contributed by atoms with Crippen molar-refractivity contribution < 1.29 is 19.1 Å². The number of pyridine rings is 1. The highest BCUT2D eigenvalue weighted by molar-refractivity contribution is 5.94. The van der Waals surface area contributed by atoms with Gasteiger partial charge in [0.15, 0.2) is 0 Å². The number of hydrogen-bond acceptors (Lipinski definition) is 3. The molecule has 0 spiro atoms. The first-order valence-corrected chi connectivity index (χ1v) is 6.79. The fraction of sp³-hybridized carbons (Fsp3) is 0.188. The van der Waals surface area contributed by atoms with E-state index in [1.54, 1.807) is 6.07 Å². The molecule has 0 saturated carbocycles. The van der Waals surface area contributed by atoms with Gasteiger partial charge in [0.2, 0.25) is 0 Å². The largest absolute Gasteiger partial charge is 0.477 e. The van der Waals surface area contributed by atoms with E-state index in [2.05, 4.69) is 10.3 Å². The zero-order valence-corrected chi connectivity index (χ0v) is 11.8. The van der Waals surface area contributed by atoms with Crippen molar-refractivity contribution in [2.24, 2.45) is 0 Å². The van der Waals surface area contributed by atoms with Gasteiger partial charge in [0.05, 0.1) is 0 Å². The van der Waals surface area contributed by atoms with Crippen LogP contribution in [0.1, 0.15) is 33.0 Å². The van der Waals surface area contributed by atoms with Crippen molar-refractivity contribution in [3.8, 4) is 0 Å². The molecule has 114 valence electrons. The van der Waals surface area contributed by atoms with Crippen LogP contribution in [0.15, 0.2) is 42.5 Å². The van der Waals surface area contributed by atoms with Gasteiger partial charge >= 0.3 is 5.97 Å². The molecule has 0 bridgehead atoms. The SMILES string of the molecule is O=C(O)c1cccc(C(=O)NCCCc2cccc(F)c2)n1. The molecule has 1 amide bonds. The minimum atomic E-state index is -1.18. The number of aromatic carboxylic acids is 1. The van der Waals surface area contributed by atoms with E-state index < -0.39 is 11.9 Å². The van der Waals surface area contributed by atoms with E-state index in [0.717, 1.165) is 5.56 Å². The summed E-state index contributed by atoms with van der Waals surface area (Å²) in [5.74, 6) is -1.89. The fourth-order valence-corrected chi connectivity index (χ4v) is 1.96. The molecule has 2 aromatic rings. The van der Waals surface area contributed by atoms with E-state index in [-0.39, 0.29) is 17.2 Å². The van der Waals surface area contributed by atoms with Crippen molar-refractivity contribution in [2.45, 2.75) is 12.8 Å². The molecule has 0 aliphatic heterocycles. The Kier molecular flexibility index (Phi) is 5.19. The highest BCUT2D eigenvalue weighted by Gasteiger charge is 2.10. The molecule has 0 aliphatic rings. The van der Waals surface area contributed by atoms with Crippen LogP contribution >= 0.6 is 0 Å². The Morgan fingerprint density at radius 1 is 1.14 bits per heavy atom. The first-order valence-electron chi connectivity index (χ1n) is 6.79. The molecule has 0 saturated heterocycles. The predicted molar refractivity (Wildman–Crippen MR) is 78.3 cm³/mol. The molecule has 0 aliphatic carbocycles. The van der Waals surface area contributed by atoms with E-state index in [4.69, 9.17) is 5.11 Å². The van der Waals surface area contributed by atoms with Crippen molar-refractivity contribution >= 4 is 11.9 Å². The smallest absolute Gasteiger partial charge is 0.354 e. The van der Waals surface area contributed by atoms with Crippen LogP contribution in [-0.4, -0.2) is 28.5 Å². The minimum absolute atomic E-state index is 0.0608. The minimum Gasteiger partial charge on any atom is -0.477 e. The Bertz CT molecular complexity index is 689. The number of hydrogen-bond donors (Lipinski definition) is 2. The van der Waals surface area contributed by atoms with Crippen molar-refractivity contribution in [1.29, 1.82) is 0 Å².